The summed E-state index contributed by atoms with van der Waals surface area (Å²) in [5.41, 5.74) is 2.40. The first-order valence-electron chi connectivity index (χ1n) is 10.2. The fraction of sp³-hybridized carbons (Fsp3) is 0.0385. The molecule has 0 aliphatic heterocycles. The van der Waals surface area contributed by atoms with E-state index >= 15 is 0 Å². The van der Waals surface area contributed by atoms with Gasteiger partial charge in [0.25, 0.3) is 5.91 Å². The van der Waals surface area contributed by atoms with E-state index in [1.54, 1.807) is 12.1 Å². The van der Waals surface area contributed by atoms with Crippen LogP contribution in [0.3, 0.4) is 0 Å². The van der Waals surface area contributed by atoms with Gasteiger partial charge in [0.1, 0.15) is 5.75 Å². The number of rotatable bonds is 6. The van der Waals surface area contributed by atoms with Crippen molar-refractivity contribution >= 4 is 22.4 Å². The van der Waals surface area contributed by atoms with Crippen molar-refractivity contribution in [3.63, 3.8) is 0 Å². The summed E-state index contributed by atoms with van der Waals surface area (Å²) in [5, 5.41) is 13.2. The van der Waals surface area contributed by atoms with E-state index in [4.69, 9.17) is 9.15 Å². The number of hydrogen-bond acceptors (Lipinski definition) is 5. The Morgan fingerprint density at radius 3 is 2.19 bits per heavy atom. The lowest BCUT2D eigenvalue weighted by atomic mass is 10.1. The fourth-order valence-electron chi connectivity index (χ4n) is 3.40. The fourth-order valence-corrected chi connectivity index (χ4v) is 3.40. The molecule has 1 aromatic heterocycles. The third-order valence-electron chi connectivity index (χ3n) is 4.98. The van der Waals surface area contributed by atoms with E-state index in [1.807, 2.05) is 84.9 Å². The predicted molar refractivity (Wildman–Crippen MR) is 123 cm³/mol. The van der Waals surface area contributed by atoms with Crippen LogP contribution in [-0.2, 0) is 4.79 Å². The highest BCUT2D eigenvalue weighted by molar-refractivity contribution is 6.02. The van der Waals surface area contributed by atoms with Gasteiger partial charge in [-0.05, 0) is 47.9 Å². The highest BCUT2D eigenvalue weighted by Gasteiger charge is 2.11. The normalized spacial score (nSPS) is 10.8. The Labute approximate surface area is 184 Å². The first-order valence-corrected chi connectivity index (χ1v) is 10.2. The third kappa shape index (κ3) is 4.20. The maximum atomic E-state index is 12.4. The zero-order chi connectivity index (χ0) is 21.8. The first-order chi connectivity index (χ1) is 15.8. The van der Waals surface area contributed by atoms with Gasteiger partial charge >= 0.3 is 0 Å². The molecule has 4 aromatic carbocycles. The summed E-state index contributed by atoms with van der Waals surface area (Å²) in [6.07, 6.45) is 0. The molecule has 1 N–H and O–H groups in total. The molecule has 0 fully saturated rings. The average Bonchev–Trinajstić information content (AvgIpc) is 3.34. The number of fused-ring (bicyclic) bond motifs is 1. The molecule has 32 heavy (non-hydrogen) atoms. The van der Waals surface area contributed by atoms with E-state index in [2.05, 4.69) is 15.5 Å². The summed E-state index contributed by atoms with van der Waals surface area (Å²) >= 11 is 0. The van der Waals surface area contributed by atoms with Crippen molar-refractivity contribution in [3.05, 3.63) is 97.1 Å². The van der Waals surface area contributed by atoms with Gasteiger partial charge in [-0.2, -0.15) is 0 Å². The lowest BCUT2D eigenvalue weighted by Gasteiger charge is -2.10. The zero-order valence-corrected chi connectivity index (χ0v) is 17.1. The van der Waals surface area contributed by atoms with Crippen LogP contribution < -0.4 is 10.1 Å². The van der Waals surface area contributed by atoms with Crippen molar-refractivity contribution in [2.24, 2.45) is 0 Å². The minimum atomic E-state index is -0.227. The van der Waals surface area contributed by atoms with Gasteiger partial charge in [0.2, 0.25) is 11.8 Å². The number of anilines is 1. The number of benzene rings is 4. The molecule has 156 valence electrons. The molecule has 0 atom stereocenters. The average molecular weight is 421 g/mol. The second-order valence-corrected chi connectivity index (χ2v) is 7.17. The molecular formula is C26H19N3O3. The molecule has 0 bridgehead atoms. The number of hydrogen-bond donors (Lipinski definition) is 1. The van der Waals surface area contributed by atoms with Crippen LogP contribution in [0.1, 0.15) is 0 Å². The predicted octanol–water partition coefficient (Wildman–Crippen LogP) is 5.57. The Hall–Kier alpha value is -4.45. The van der Waals surface area contributed by atoms with E-state index in [0.717, 1.165) is 27.6 Å². The monoisotopic (exact) mass is 421 g/mol. The number of aromatic nitrogens is 2. The van der Waals surface area contributed by atoms with Crippen molar-refractivity contribution in [2.75, 3.05) is 11.9 Å². The molecule has 0 aliphatic carbocycles. The van der Waals surface area contributed by atoms with Crippen molar-refractivity contribution in [1.82, 2.24) is 10.2 Å². The largest absolute Gasteiger partial charge is 0.484 e. The second kappa shape index (κ2) is 8.73. The zero-order valence-electron chi connectivity index (χ0n) is 17.1. The first kappa shape index (κ1) is 19.5. The highest BCUT2D eigenvalue weighted by Crippen LogP contribution is 2.26. The molecule has 6 heteroatoms. The number of amides is 1. The van der Waals surface area contributed by atoms with Gasteiger partial charge < -0.3 is 14.5 Å². The van der Waals surface area contributed by atoms with Crippen LogP contribution in [0.5, 0.6) is 5.75 Å². The van der Waals surface area contributed by atoms with E-state index in [-0.39, 0.29) is 12.5 Å². The number of nitrogens with zero attached hydrogens (tertiary/aromatic N) is 2. The van der Waals surface area contributed by atoms with Gasteiger partial charge in [0.15, 0.2) is 6.61 Å². The summed E-state index contributed by atoms with van der Waals surface area (Å²) in [7, 11) is 0. The van der Waals surface area contributed by atoms with Gasteiger partial charge in [-0.25, -0.2) is 0 Å². The van der Waals surface area contributed by atoms with Crippen LogP contribution in [0.15, 0.2) is 101 Å². The Kier molecular flexibility index (Phi) is 5.32. The van der Waals surface area contributed by atoms with Crippen LogP contribution in [0.25, 0.3) is 33.7 Å². The quantitative estimate of drug-likeness (QED) is 0.388. The molecule has 0 radical (unpaired) electrons. The summed E-state index contributed by atoms with van der Waals surface area (Å²) in [5.74, 6) is 1.23. The topological polar surface area (TPSA) is 77.2 Å². The molecule has 0 saturated carbocycles. The Balaban J connectivity index is 1.22. The maximum absolute atomic E-state index is 12.4. The van der Waals surface area contributed by atoms with Crippen LogP contribution in [0, 0.1) is 0 Å². The molecule has 0 saturated heterocycles. The number of nitrogens with one attached hydrogen (secondary N) is 1. The molecule has 1 amide bonds. The van der Waals surface area contributed by atoms with E-state index in [9.17, 15) is 4.79 Å². The lowest BCUT2D eigenvalue weighted by Crippen LogP contribution is -2.20. The summed E-state index contributed by atoms with van der Waals surface area (Å²) in [4.78, 5) is 12.4. The molecular weight excluding hydrogens is 402 g/mol. The molecule has 5 aromatic rings. The molecule has 0 spiro atoms. The molecule has 5 rings (SSSR count). The summed E-state index contributed by atoms with van der Waals surface area (Å²) in [6.45, 7) is -0.0960. The standard InChI is InChI=1S/C26H19N3O3/c30-24(27-23-12-6-10-18-7-4-5-11-22(18)23)17-31-21-15-13-20(14-16-21)26-29-28-25(32-26)19-8-2-1-3-9-19/h1-16H,17H2,(H,27,30). The van der Waals surface area contributed by atoms with Gasteiger partial charge in [-0.1, -0.05) is 54.6 Å². The smallest absolute Gasteiger partial charge is 0.262 e. The maximum Gasteiger partial charge on any atom is 0.262 e. The van der Waals surface area contributed by atoms with E-state index < -0.39 is 0 Å². The highest BCUT2D eigenvalue weighted by atomic mass is 16.5. The van der Waals surface area contributed by atoms with Crippen molar-refractivity contribution in [1.29, 1.82) is 0 Å². The van der Waals surface area contributed by atoms with Gasteiger partial charge in [-0.3, -0.25) is 4.79 Å². The van der Waals surface area contributed by atoms with Gasteiger partial charge in [-0.15, -0.1) is 10.2 Å². The Bertz CT molecular complexity index is 1360. The van der Waals surface area contributed by atoms with E-state index in [1.165, 1.54) is 0 Å². The second-order valence-electron chi connectivity index (χ2n) is 7.17. The molecule has 6 nitrogen and oxygen atoms in total. The van der Waals surface area contributed by atoms with Gasteiger partial charge in [0.05, 0.1) is 0 Å². The van der Waals surface area contributed by atoms with E-state index in [0.29, 0.717) is 17.5 Å². The third-order valence-corrected chi connectivity index (χ3v) is 4.98. The number of carbonyl (C=O) groups excluding carboxylic acids is 1. The number of ether oxygens (including phenoxy) is 1. The summed E-state index contributed by atoms with van der Waals surface area (Å²) in [6, 6.07) is 30.5. The van der Waals surface area contributed by atoms with Crippen LogP contribution in [-0.4, -0.2) is 22.7 Å². The van der Waals surface area contributed by atoms with Crippen LogP contribution in [0.2, 0.25) is 0 Å². The Morgan fingerprint density at radius 2 is 1.41 bits per heavy atom. The minimum Gasteiger partial charge on any atom is -0.484 e. The van der Waals surface area contributed by atoms with Crippen molar-refractivity contribution in [3.8, 4) is 28.7 Å². The Morgan fingerprint density at radius 1 is 0.750 bits per heavy atom. The number of carbonyl (C=O) groups is 1. The van der Waals surface area contributed by atoms with Crippen molar-refractivity contribution in [2.45, 2.75) is 0 Å². The van der Waals surface area contributed by atoms with Gasteiger partial charge in [0, 0.05) is 22.2 Å². The minimum absolute atomic E-state index is 0.0960. The SMILES string of the molecule is O=C(COc1ccc(-c2nnc(-c3ccccc3)o2)cc1)Nc1cccc2ccccc12. The van der Waals surface area contributed by atoms with Crippen LogP contribution >= 0.6 is 0 Å². The summed E-state index contributed by atoms with van der Waals surface area (Å²) < 4.78 is 11.4. The lowest BCUT2D eigenvalue weighted by molar-refractivity contribution is -0.118. The molecule has 0 unspecified atom stereocenters. The molecule has 1 heterocycles. The molecule has 0 aliphatic rings. The van der Waals surface area contributed by atoms with Crippen molar-refractivity contribution < 1.29 is 13.9 Å². The van der Waals surface area contributed by atoms with Crippen LogP contribution in [0.4, 0.5) is 5.69 Å².